The van der Waals surface area contributed by atoms with Crippen molar-refractivity contribution >= 4 is 29.1 Å². The summed E-state index contributed by atoms with van der Waals surface area (Å²) < 4.78 is 14.5. The van der Waals surface area contributed by atoms with Gasteiger partial charge in [-0.05, 0) is 55.4 Å². The fourth-order valence-electron chi connectivity index (χ4n) is 4.51. The fraction of sp³-hybridized carbons (Fsp3) is 0.417. The Morgan fingerprint density at radius 1 is 1.03 bits per heavy atom. The molecule has 2 aromatic carbocycles. The van der Waals surface area contributed by atoms with Crippen molar-refractivity contribution in [2.45, 2.75) is 38.5 Å². The van der Waals surface area contributed by atoms with Crippen molar-refractivity contribution < 1.29 is 14.0 Å². The molecular weight excluding hydrogens is 403 g/mol. The van der Waals surface area contributed by atoms with Gasteiger partial charge in [-0.15, -0.1) is 0 Å². The molecule has 0 radical (unpaired) electrons. The zero-order chi connectivity index (χ0) is 21.1. The van der Waals surface area contributed by atoms with E-state index < -0.39 is 5.82 Å². The van der Waals surface area contributed by atoms with E-state index in [9.17, 15) is 14.0 Å². The third-order valence-corrected chi connectivity index (χ3v) is 6.54. The van der Waals surface area contributed by atoms with Crippen molar-refractivity contribution in [1.29, 1.82) is 0 Å². The zero-order valence-corrected chi connectivity index (χ0v) is 17.7. The highest BCUT2D eigenvalue weighted by Gasteiger charge is 2.34. The van der Waals surface area contributed by atoms with Crippen molar-refractivity contribution in [2.75, 3.05) is 24.5 Å². The Hall–Kier alpha value is -2.40. The number of halogens is 2. The molecule has 0 aromatic heterocycles. The molecule has 0 atom stereocenters. The number of benzene rings is 2. The molecule has 4 nitrogen and oxygen atoms in total. The van der Waals surface area contributed by atoms with Gasteiger partial charge in [-0.25, -0.2) is 4.39 Å². The second-order valence-electron chi connectivity index (χ2n) is 8.09. The zero-order valence-electron chi connectivity index (χ0n) is 16.9. The Morgan fingerprint density at radius 2 is 1.77 bits per heavy atom. The van der Waals surface area contributed by atoms with Crippen LogP contribution in [0.4, 0.5) is 10.1 Å². The number of anilines is 1. The number of hydrogen-bond acceptors (Lipinski definition) is 2. The monoisotopic (exact) mass is 428 g/mol. The van der Waals surface area contributed by atoms with Crippen LogP contribution in [0.3, 0.4) is 0 Å². The Morgan fingerprint density at radius 3 is 2.50 bits per heavy atom. The summed E-state index contributed by atoms with van der Waals surface area (Å²) in [4.78, 5) is 29.2. The van der Waals surface area contributed by atoms with Gasteiger partial charge in [-0.2, -0.15) is 0 Å². The number of amides is 2. The lowest BCUT2D eigenvalue weighted by molar-refractivity contribution is -0.134. The molecule has 2 amide bonds. The molecule has 1 fully saturated rings. The molecule has 2 aromatic rings. The summed E-state index contributed by atoms with van der Waals surface area (Å²) in [7, 11) is 0. The van der Waals surface area contributed by atoms with Gasteiger partial charge in [0.1, 0.15) is 5.82 Å². The molecule has 0 N–H and O–H groups in total. The number of piperidine rings is 1. The van der Waals surface area contributed by atoms with E-state index in [1.165, 1.54) is 6.07 Å². The number of carbonyl (C=O) groups is 2. The largest absolute Gasteiger partial charge is 0.343 e. The first-order valence-corrected chi connectivity index (χ1v) is 11.0. The Labute approximate surface area is 181 Å². The van der Waals surface area contributed by atoms with Gasteiger partial charge < -0.3 is 9.80 Å². The molecule has 158 valence electrons. The van der Waals surface area contributed by atoms with Gasteiger partial charge in [-0.1, -0.05) is 41.9 Å². The van der Waals surface area contributed by atoms with Crippen molar-refractivity contribution in [3.05, 3.63) is 64.4 Å². The van der Waals surface area contributed by atoms with E-state index in [2.05, 4.69) is 0 Å². The van der Waals surface area contributed by atoms with E-state index in [0.29, 0.717) is 56.0 Å². The Kier molecular flexibility index (Phi) is 6.38. The maximum Gasteiger partial charge on any atom is 0.230 e. The summed E-state index contributed by atoms with van der Waals surface area (Å²) in [6.07, 6.45) is 3.89. The molecule has 30 heavy (non-hydrogen) atoms. The first kappa shape index (κ1) is 20.9. The van der Waals surface area contributed by atoms with Crippen molar-refractivity contribution in [1.82, 2.24) is 4.90 Å². The van der Waals surface area contributed by atoms with Gasteiger partial charge in [0, 0.05) is 37.0 Å². The normalized spacial score (nSPS) is 17.0. The van der Waals surface area contributed by atoms with Gasteiger partial charge in [0.2, 0.25) is 11.8 Å². The molecule has 0 unspecified atom stereocenters. The molecular formula is C24H26ClFN2O2. The van der Waals surface area contributed by atoms with E-state index in [1.54, 1.807) is 11.0 Å². The molecule has 1 saturated heterocycles. The lowest BCUT2D eigenvalue weighted by Crippen LogP contribution is -2.46. The predicted molar refractivity (Wildman–Crippen MR) is 116 cm³/mol. The summed E-state index contributed by atoms with van der Waals surface area (Å²) in [5.41, 5.74) is 2.23. The van der Waals surface area contributed by atoms with Crippen LogP contribution in [-0.4, -0.2) is 36.3 Å². The Bertz CT molecular complexity index is 926. The van der Waals surface area contributed by atoms with Crippen molar-refractivity contribution in [3.63, 3.8) is 0 Å². The third kappa shape index (κ3) is 4.36. The van der Waals surface area contributed by atoms with E-state index in [4.69, 9.17) is 11.6 Å². The van der Waals surface area contributed by atoms with Gasteiger partial charge in [0.05, 0.1) is 5.69 Å². The summed E-state index contributed by atoms with van der Waals surface area (Å²) in [5, 5.41) is 0.516. The summed E-state index contributed by atoms with van der Waals surface area (Å²) in [5.74, 6) is -0.497. The summed E-state index contributed by atoms with van der Waals surface area (Å²) in [6.45, 7) is 1.66. The lowest BCUT2D eigenvalue weighted by Gasteiger charge is -2.36. The van der Waals surface area contributed by atoms with Crippen LogP contribution in [0.2, 0.25) is 5.02 Å². The van der Waals surface area contributed by atoms with E-state index in [-0.39, 0.29) is 17.7 Å². The van der Waals surface area contributed by atoms with Crippen LogP contribution >= 0.6 is 11.6 Å². The SMILES string of the molecule is O=C(CCc1ccccc1)N1CCC(C(=O)N2CCCc3c(Cl)ccc(F)c32)CC1. The highest BCUT2D eigenvalue weighted by Crippen LogP contribution is 2.36. The molecule has 2 aliphatic heterocycles. The molecule has 0 bridgehead atoms. The molecule has 2 heterocycles. The number of rotatable bonds is 4. The van der Waals surface area contributed by atoms with Crippen LogP contribution in [0.15, 0.2) is 42.5 Å². The minimum absolute atomic E-state index is 0.0477. The van der Waals surface area contributed by atoms with Gasteiger partial charge in [-0.3, -0.25) is 9.59 Å². The first-order valence-electron chi connectivity index (χ1n) is 10.6. The average molecular weight is 429 g/mol. The van der Waals surface area contributed by atoms with Crippen LogP contribution in [0.1, 0.15) is 36.8 Å². The molecule has 6 heteroatoms. The topological polar surface area (TPSA) is 40.6 Å². The highest BCUT2D eigenvalue weighted by molar-refractivity contribution is 6.32. The van der Waals surface area contributed by atoms with Crippen LogP contribution in [0, 0.1) is 11.7 Å². The summed E-state index contributed by atoms with van der Waals surface area (Å²) >= 11 is 6.25. The summed E-state index contributed by atoms with van der Waals surface area (Å²) in [6, 6.07) is 12.9. The maximum atomic E-state index is 14.5. The predicted octanol–water partition coefficient (Wildman–Crippen LogP) is 4.63. The molecule has 0 aliphatic carbocycles. The van der Waals surface area contributed by atoms with E-state index >= 15 is 0 Å². The van der Waals surface area contributed by atoms with E-state index in [1.807, 2.05) is 35.2 Å². The second kappa shape index (κ2) is 9.17. The first-order chi connectivity index (χ1) is 14.5. The second-order valence-corrected chi connectivity index (χ2v) is 8.50. The third-order valence-electron chi connectivity index (χ3n) is 6.19. The average Bonchev–Trinajstić information content (AvgIpc) is 2.80. The smallest absolute Gasteiger partial charge is 0.230 e. The lowest BCUT2D eigenvalue weighted by atomic mass is 9.92. The molecule has 2 aliphatic rings. The van der Waals surface area contributed by atoms with E-state index in [0.717, 1.165) is 24.0 Å². The number of hydrogen-bond donors (Lipinski definition) is 0. The van der Waals surface area contributed by atoms with Crippen LogP contribution in [0.25, 0.3) is 0 Å². The molecule has 0 saturated carbocycles. The maximum absolute atomic E-state index is 14.5. The molecule has 4 rings (SSSR count). The molecule has 0 spiro atoms. The Balaban J connectivity index is 1.35. The van der Waals surface area contributed by atoms with Gasteiger partial charge in [0.15, 0.2) is 0 Å². The van der Waals surface area contributed by atoms with Gasteiger partial charge >= 0.3 is 0 Å². The van der Waals surface area contributed by atoms with Crippen LogP contribution < -0.4 is 4.90 Å². The van der Waals surface area contributed by atoms with Crippen LogP contribution in [-0.2, 0) is 22.4 Å². The highest BCUT2D eigenvalue weighted by atomic mass is 35.5. The quantitative estimate of drug-likeness (QED) is 0.712. The van der Waals surface area contributed by atoms with Crippen molar-refractivity contribution in [3.8, 4) is 0 Å². The number of likely N-dealkylation sites (tertiary alicyclic amines) is 1. The van der Waals surface area contributed by atoms with Gasteiger partial charge in [0.25, 0.3) is 0 Å². The van der Waals surface area contributed by atoms with Crippen LogP contribution in [0.5, 0.6) is 0 Å². The number of fused-ring (bicyclic) bond motifs is 1. The fourth-order valence-corrected chi connectivity index (χ4v) is 4.76. The van der Waals surface area contributed by atoms with Crippen molar-refractivity contribution in [2.24, 2.45) is 5.92 Å². The minimum Gasteiger partial charge on any atom is -0.343 e. The standard InChI is InChI=1S/C24H26ClFN2O2/c25-20-9-10-21(26)23-19(20)7-4-14-28(23)24(30)18-12-15-27(16-13-18)22(29)11-8-17-5-2-1-3-6-17/h1-3,5-6,9-10,18H,4,7-8,11-16H2. The number of carbonyl (C=O) groups excluding carboxylic acids is 2. The minimum atomic E-state index is -0.393. The number of nitrogens with zero attached hydrogens (tertiary/aromatic N) is 2. The number of aryl methyl sites for hydroxylation is 1.